The Hall–Kier alpha value is -7.29. The van der Waals surface area contributed by atoms with E-state index in [4.69, 9.17) is 29.3 Å². The summed E-state index contributed by atoms with van der Waals surface area (Å²) >= 11 is 1.71. The molecule has 0 spiro atoms. The normalized spacial score (nSPS) is 11.6. The van der Waals surface area contributed by atoms with Crippen molar-refractivity contribution in [3.8, 4) is 61.9 Å². The van der Waals surface area contributed by atoms with Crippen molar-refractivity contribution < 1.29 is 4.42 Å². The van der Waals surface area contributed by atoms with E-state index in [2.05, 4.69) is 83.4 Å². The minimum absolute atomic E-state index is 0.549. The average Bonchev–Trinajstić information content (AvgIpc) is 3.97. The Kier molecular flexibility index (Phi) is 7.21. The largest absolute Gasteiger partial charge is 0.436 e. The van der Waals surface area contributed by atoms with Gasteiger partial charge in [-0.25, -0.2) is 24.9 Å². The lowest BCUT2D eigenvalue weighted by Crippen LogP contribution is -2.00. The molecule has 55 heavy (non-hydrogen) atoms. The van der Waals surface area contributed by atoms with Crippen molar-refractivity contribution in [1.29, 1.82) is 0 Å². The van der Waals surface area contributed by atoms with Gasteiger partial charge in [0.1, 0.15) is 5.52 Å². The lowest BCUT2D eigenvalue weighted by molar-refractivity contribution is 0.620. The molecular weight excluding hydrogens is 697 g/mol. The van der Waals surface area contributed by atoms with Crippen LogP contribution in [0, 0.1) is 0 Å². The average molecular weight is 725 g/mol. The summed E-state index contributed by atoms with van der Waals surface area (Å²) in [7, 11) is 0. The predicted molar refractivity (Wildman–Crippen MR) is 222 cm³/mol. The summed E-state index contributed by atoms with van der Waals surface area (Å²) in [6.45, 7) is 0. The number of benzene rings is 7. The second-order valence-corrected chi connectivity index (χ2v) is 14.4. The zero-order valence-electron chi connectivity index (χ0n) is 29.2. The van der Waals surface area contributed by atoms with Crippen molar-refractivity contribution in [2.45, 2.75) is 0 Å². The summed E-state index contributed by atoms with van der Waals surface area (Å²) in [4.78, 5) is 24.6. The standard InChI is InChI=1S/C47H28N6OS/c1-3-12-29(13-4-1)43-50-44(30-14-5-2-6-15-30)52-45(51-43)33-23-25-41-38(28-33)48-46(54-41)34-17-11-16-31(26-34)32-22-24-40-36(27-32)35-18-7-9-20-39(35)53(40)47-49-37-19-8-10-21-42(37)55-47/h1-28H. The molecule has 7 nitrogen and oxygen atoms in total. The van der Waals surface area contributed by atoms with Gasteiger partial charge in [-0.2, -0.15) is 0 Å². The maximum atomic E-state index is 6.35. The maximum Gasteiger partial charge on any atom is 0.227 e. The van der Waals surface area contributed by atoms with Crippen LogP contribution < -0.4 is 0 Å². The number of fused-ring (bicyclic) bond motifs is 5. The Balaban J connectivity index is 0.966. The van der Waals surface area contributed by atoms with E-state index in [1.165, 1.54) is 15.5 Å². The first-order valence-electron chi connectivity index (χ1n) is 18.0. The van der Waals surface area contributed by atoms with Gasteiger partial charge >= 0.3 is 0 Å². The SMILES string of the molecule is c1ccc(-c2nc(-c3ccccc3)nc(-c3ccc4oc(-c5cccc(-c6ccc7c(c6)c6ccccc6n7-c6nc7ccccc7s6)c5)nc4c3)n2)cc1. The monoisotopic (exact) mass is 724 g/mol. The van der Waals surface area contributed by atoms with Gasteiger partial charge in [-0.15, -0.1) is 0 Å². The zero-order chi connectivity index (χ0) is 36.3. The second kappa shape index (κ2) is 12.7. The topological polar surface area (TPSA) is 82.5 Å². The zero-order valence-corrected chi connectivity index (χ0v) is 30.0. The molecule has 0 saturated heterocycles. The summed E-state index contributed by atoms with van der Waals surface area (Å²) in [5.74, 6) is 2.34. The highest BCUT2D eigenvalue weighted by atomic mass is 32.1. The van der Waals surface area contributed by atoms with Crippen LogP contribution in [0.3, 0.4) is 0 Å². The Morgan fingerprint density at radius 2 is 1.02 bits per heavy atom. The van der Waals surface area contributed by atoms with Crippen molar-refractivity contribution in [2.75, 3.05) is 0 Å². The van der Waals surface area contributed by atoms with E-state index in [0.29, 0.717) is 28.9 Å². The molecule has 0 saturated carbocycles. The number of hydrogen-bond donors (Lipinski definition) is 0. The number of rotatable bonds is 6. The van der Waals surface area contributed by atoms with E-state index in [-0.39, 0.29) is 0 Å². The molecule has 11 rings (SSSR count). The summed E-state index contributed by atoms with van der Waals surface area (Å²) in [5, 5.41) is 3.33. The van der Waals surface area contributed by atoms with Gasteiger partial charge in [-0.1, -0.05) is 121 Å². The number of para-hydroxylation sites is 2. The van der Waals surface area contributed by atoms with Gasteiger partial charge in [0.25, 0.3) is 0 Å². The summed E-state index contributed by atoms with van der Waals surface area (Å²) < 4.78 is 9.81. The minimum Gasteiger partial charge on any atom is -0.436 e. The van der Waals surface area contributed by atoms with Crippen LogP contribution in [0.1, 0.15) is 0 Å². The highest BCUT2D eigenvalue weighted by Gasteiger charge is 2.18. The molecule has 8 heteroatoms. The van der Waals surface area contributed by atoms with Crippen molar-refractivity contribution in [3.63, 3.8) is 0 Å². The van der Waals surface area contributed by atoms with Gasteiger partial charge in [0.05, 0.1) is 21.3 Å². The molecule has 0 N–H and O–H groups in total. The molecule has 4 aromatic heterocycles. The first-order chi connectivity index (χ1) is 27.2. The Bertz CT molecular complexity index is 3130. The molecule has 0 radical (unpaired) electrons. The van der Waals surface area contributed by atoms with Crippen LogP contribution in [0.25, 0.3) is 105 Å². The third-order valence-electron chi connectivity index (χ3n) is 9.93. The van der Waals surface area contributed by atoms with Crippen molar-refractivity contribution >= 4 is 54.5 Å². The van der Waals surface area contributed by atoms with E-state index in [9.17, 15) is 0 Å². The number of thiazole rings is 1. The first-order valence-corrected chi connectivity index (χ1v) is 18.8. The van der Waals surface area contributed by atoms with Crippen LogP contribution in [0.5, 0.6) is 0 Å². The summed E-state index contributed by atoms with van der Waals surface area (Å²) in [5.41, 5.74) is 10.4. The number of hydrogen-bond acceptors (Lipinski definition) is 7. The van der Waals surface area contributed by atoms with Gasteiger partial charge in [-0.05, 0) is 71.8 Å². The molecule has 258 valence electrons. The van der Waals surface area contributed by atoms with Crippen LogP contribution in [0.15, 0.2) is 174 Å². The van der Waals surface area contributed by atoms with Crippen molar-refractivity contribution in [2.24, 2.45) is 0 Å². The Morgan fingerprint density at radius 1 is 0.400 bits per heavy atom. The smallest absolute Gasteiger partial charge is 0.227 e. The van der Waals surface area contributed by atoms with E-state index in [1.807, 2.05) is 91.0 Å². The lowest BCUT2D eigenvalue weighted by atomic mass is 10.0. The minimum atomic E-state index is 0.549. The lowest BCUT2D eigenvalue weighted by Gasteiger charge is -2.08. The Morgan fingerprint density at radius 3 is 1.80 bits per heavy atom. The molecule has 7 aromatic carbocycles. The number of aromatic nitrogens is 6. The second-order valence-electron chi connectivity index (χ2n) is 13.4. The molecule has 0 unspecified atom stereocenters. The van der Waals surface area contributed by atoms with E-state index in [1.54, 1.807) is 11.3 Å². The molecule has 0 atom stereocenters. The highest BCUT2D eigenvalue weighted by molar-refractivity contribution is 7.20. The van der Waals surface area contributed by atoms with Crippen molar-refractivity contribution in [3.05, 3.63) is 170 Å². The van der Waals surface area contributed by atoms with Crippen LogP contribution in [-0.4, -0.2) is 29.5 Å². The molecule has 11 aromatic rings. The maximum absolute atomic E-state index is 6.35. The predicted octanol–water partition coefficient (Wildman–Crippen LogP) is 12.1. The van der Waals surface area contributed by atoms with Crippen molar-refractivity contribution in [1.82, 2.24) is 29.5 Å². The number of oxazole rings is 1. The van der Waals surface area contributed by atoms with Crippen LogP contribution >= 0.6 is 11.3 Å². The molecule has 0 amide bonds. The molecule has 0 aliphatic heterocycles. The molecule has 0 fully saturated rings. The quantitative estimate of drug-likeness (QED) is 0.170. The van der Waals surface area contributed by atoms with Gasteiger partial charge < -0.3 is 4.42 Å². The van der Waals surface area contributed by atoms with Gasteiger partial charge in [0.2, 0.25) is 5.89 Å². The molecular formula is C47H28N6OS. The fourth-order valence-electron chi connectivity index (χ4n) is 7.27. The third kappa shape index (κ3) is 5.47. The molecule has 0 bridgehead atoms. The summed E-state index contributed by atoms with van der Waals surface area (Å²) in [6, 6.07) is 57.8. The summed E-state index contributed by atoms with van der Waals surface area (Å²) in [6.07, 6.45) is 0. The Labute approximate surface area is 318 Å². The fourth-order valence-corrected chi connectivity index (χ4v) is 8.27. The van der Waals surface area contributed by atoms with E-state index >= 15 is 0 Å². The highest BCUT2D eigenvalue weighted by Crippen LogP contribution is 2.38. The van der Waals surface area contributed by atoms with E-state index < -0.39 is 0 Å². The van der Waals surface area contributed by atoms with Gasteiger partial charge in [0.15, 0.2) is 28.2 Å². The van der Waals surface area contributed by atoms with Gasteiger partial charge in [-0.3, -0.25) is 4.57 Å². The fraction of sp³-hybridized carbons (Fsp3) is 0. The van der Waals surface area contributed by atoms with E-state index in [0.717, 1.165) is 60.6 Å². The first kappa shape index (κ1) is 31.3. The third-order valence-corrected chi connectivity index (χ3v) is 11.0. The van der Waals surface area contributed by atoms with Crippen LogP contribution in [0.4, 0.5) is 0 Å². The van der Waals surface area contributed by atoms with Gasteiger partial charge in [0, 0.05) is 33.0 Å². The molecule has 0 aliphatic carbocycles. The molecule has 0 aliphatic rings. The number of nitrogens with zero attached hydrogens (tertiary/aromatic N) is 6. The molecule has 4 heterocycles. The van der Waals surface area contributed by atoms with Crippen LogP contribution in [0.2, 0.25) is 0 Å². The van der Waals surface area contributed by atoms with Crippen LogP contribution in [-0.2, 0) is 0 Å².